The Labute approximate surface area is 260 Å². The van der Waals surface area contributed by atoms with E-state index in [-0.39, 0.29) is 31.1 Å². The number of hydrogen-bond acceptors (Lipinski definition) is 7. The van der Waals surface area contributed by atoms with Gasteiger partial charge in [-0.15, -0.1) is 0 Å². The van der Waals surface area contributed by atoms with Crippen molar-refractivity contribution in [3.05, 3.63) is 24.0 Å². The van der Waals surface area contributed by atoms with Gasteiger partial charge in [0, 0.05) is 52.2 Å². The van der Waals surface area contributed by atoms with Gasteiger partial charge in [-0.05, 0) is 64.5 Å². The molecular formula is C31H49F2N5O5Si. The Bertz CT molecular complexity index is 1290. The molecule has 10 nitrogen and oxygen atoms in total. The number of carbonyl (C=O) groups excluding carboxylic acids is 2. The molecule has 0 saturated heterocycles. The average Bonchev–Trinajstić information content (AvgIpc) is 3.34. The number of nitrogens with zero attached hydrogens (tertiary/aromatic N) is 5. The first-order chi connectivity index (χ1) is 20.7. The fraction of sp³-hybridized carbons (Fsp3) is 0.710. The number of aromatic nitrogens is 2. The topological polar surface area (TPSA) is 89.4 Å². The summed E-state index contributed by atoms with van der Waals surface area (Å²) in [5.41, 5.74) is 1.41. The summed E-state index contributed by atoms with van der Waals surface area (Å²) in [5.74, 6) is -0.0503. The van der Waals surface area contributed by atoms with Gasteiger partial charge >= 0.3 is 6.09 Å². The van der Waals surface area contributed by atoms with Crippen molar-refractivity contribution >= 4 is 36.8 Å². The first kappa shape index (κ1) is 34.1. The van der Waals surface area contributed by atoms with Crippen LogP contribution in [0.5, 0.6) is 0 Å². The lowest BCUT2D eigenvalue weighted by Crippen LogP contribution is -2.52. The van der Waals surface area contributed by atoms with Crippen LogP contribution in [-0.2, 0) is 20.9 Å². The van der Waals surface area contributed by atoms with Crippen molar-refractivity contribution in [1.82, 2.24) is 19.4 Å². The predicted octanol–water partition coefficient (Wildman–Crippen LogP) is 6.23. The Hall–Kier alpha value is -2.77. The van der Waals surface area contributed by atoms with E-state index in [4.69, 9.17) is 14.2 Å². The number of fused-ring (bicyclic) bond motifs is 3. The number of alkyl halides is 2. The molecule has 3 heterocycles. The molecule has 2 amide bonds. The molecule has 44 heavy (non-hydrogen) atoms. The third-order valence-electron chi connectivity index (χ3n) is 8.15. The number of pyridine rings is 1. The largest absolute Gasteiger partial charge is 0.444 e. The number of carbonyl (C=O) groups is 2. The highest BCUT2D eigenvalue weighted by molar-refractivity contribution is 6.76. The van der Waals surface area contributed by atoms with E-state index < -0.39 is 32.7 Å². The van der Waals surface area contributed by atoms with E-state index in [1.54, 1.807) is 39.0 Å². The number of hydrogen-bond donors (Lipinski definition) is 0. The van der Waals surface area contributed by atoms with Crippen molar-refractivity contribution < 1.29 is 32.6 Å². The standard InChI is InChI=1S/C31H49F2N5O5Si/c1-31(2,3)43-30(40)36(18-26(32)33)17-22-8-10-23(11-9-22)38-19-37(20-41-4)29(39)25-16-34-28-24(27(25)38)12-13-35(28)21-42-14-15-44(5,6)7/h12-13,16,22-23,26H,8-11,14-15,17-21H2,1-7H3. The van der Waals surface area contributed by atoms with E-state index in [9.17, 15) is 18.4 Å². The molecule has 0 aromatic carbocycles. The molecule has 246 valence electrons. The number of halogens is 2. The summed E-state index contributed by atoms with van der Waals surface area (Å²) in [4.78, 5) is 35.9. The molecule has 1 fully saturated rings. The SMILES string of the molecule is COCN1CN(C2CCC(CN(CC(F)F)C(=O)OC(C)(C)C)CC2)c2c(cnc3c2ccn3COCC[Si](C)(C)C)C1=O. The fourth-order valence-corrected chi connectivity index (χ4v) is 6.70. The highest BCUT2D eigenvalue weighted by Gasteiger charge is 2.37. The number of anilines is 1. The summed E-state index contributed by atoms with van der Waals surface area (Å²) in [7, 11) is 0.360. The lowest BCUT2D eigenvalue weighted by atomic mass is 9.84. The number of rotatable bonds is 12. The molecule has 2 aromatic rings. The number of ether oxygens (including phenoxy) is 3. The highest BCUT2D eigenvalue weighted by Crippen LogP contribution is 2.39. The maximum absolute atomic E-state index is 13.5. The molecule has 1 aliphatic carbocycles. The first-order valence-electron chi connectivity index (χ1n) is 15.5. The minimum Gasteiger partial charge on any atom is -0.444 e. The van der Waals surface area contributed by atoms with Gasteiger partial charge in [0.25, 0.3) is 12.3 Å². The van der Waals surface area contributed by atoms with Gasteiger partial charge in [-0.1, -0.05) is 19.6 Å². The van der Waals surface area contributed by atoms with Gasteiger partial charge < -0.3 is 28.6 Å². The molecule has 1 aliphatic heterocycles. The Morgan fingerprint density at radius 1 is 1.16 bits per heavy atom. The van der Waals surface area contributed by atoms with Crippen molar-refractivity contribution in [2.24, 2.45) is 5.92 Å². The molecule has 0 bridgehead atoms. The fourth-order valence-electron chi connectivity index (χ4n) is 5.95. The zero-order valence-electron chi connectivity index (χ0n) is 27.3. The summed E-state index contributed by atoms with van der Waals surface area (Å²) in [5, 5.41) is 0.900. The van der Waals surface area contributed by atoms with Gasteiger partial charge in [-0.2, -0.15) is 0 Å². The molecular weight excluding hydrogens is 588 g/mol. The van der Waals surface area contributed by atoms with E-state index >= 15 is 0 Å². The van der Waals surface area contributed by atoms with E-state index in [0.29, 0.717) is 25.6 Å². The van der Waals surface area contributed by atoms with E-state index in [2.05, 4.69) is 29.5 Å². The van der Waals surface area contributed by atoms with Gasteiger partial charge in [0.05, 0.1) is 24.5 Å². The Morgan fingerprint density at radius 3 is 2.48 bits per heavy atom. The molecule has 1 saturated carbocycles. The van der Waals surface area contributed by atoms with Crippen molar-refractivity contribution in [3.8, 4) is 0 Å². The van der Waals surface area contributed by atoms with Gasteiger partial charge in [0.15, 0.2) is 0 Å². The van der Waals surface area contributed by atoms with Gasteiger partial charge in [0.1, 0.15) is 24.7 Å². The Kier molecular flexibility index (Phi) is 10.9. The zero-order valence-corrected chi connectivity index (χ0v) is 28.3. The first-order valence-corrected chi connectivity index (χ1v) is 19.2. The van der Waals surface area contributed by atoms with Crippen molar-refractivity contribution in [2.45, 2.75) is 96.9 Å². The van der Waals surface area contributed by atoms with Crippen molar-refractivity contribution in [3.63, 3.8) is 0 Å². The van der Waals surface area contributed by atoms with Crippen LogP contribution in [0.25, 0.3) is 11.0 Å². The van der Waals surface area contributed by atoms with Crippen LogP contribution in [-0.4, -0.2) is 97.7 Å². The third kappa shape index (κ3) is 8.69. The number of methoxy groups -OCH3 is 1. The molecule has 13 heteroatoms. The second kappa shape index (κ2) is 14.1. The highest BCUT2D eigenvalue weighted by atomic mass is 28.3. The summed E-state index contributed by atoms with van der Waals surface area (Å²) >= 11 is 0. The second-order valence-electron chi connectivity index (χ2n) is 14.2. The van der Waals surface area contributed by atoms with E-state index in [0.717, 1.165) is 53.3 Å². The Balaban J connectivity index is 1.52. The van der Waals surface area contributed by atoms with Crippen LogP contribution in [0.1, 0.15) is 56.8 Å². The van der Waals surface area contributed by atoms with Gasteiger partial charge in [-0.25, -0.2) is 18.6 Å². The molecule has 2 aromatic heterocycles. The van der Waals surface area contributed by atoms with Crippen LogP contribution >= 0.6 is 0 Å². The molecule has 0 spiro atoms. The zero-order chi connectivity index (χ0) is 32.2. The Morgan fingerprint density at radius 2 is 1.86 bits per heavy atom. The lowest BCUT2D eigenvalue weighted by molar-refractivity contribution is 0.00492. The molecule has 0 N–H and O–H groups in total. The molecule has 0 radical (unpaired) electrons. The summed E-state index contributed by atoms with van der Waals surface area (Å²) < 4.78 is 45.5. The quantitative estimate of drug-likeness (QED) is 0.201. The van der Waals surface area contributed by atoms with Crippen LogP contribution in [0.15, 0.2) is 18.5 Å². The van der Waals surface area contributed by atoms with Crippen LogP contribution < -0.4 is 4.90 Å². The summed E-state index contributed by atoms with van der Waals surface area (Å²) in [6.07, 6.45) is 3.38. The van der Waals surface area contributed by atoms with Gasteiger partial charge in [0.2, 0.25) is 0 Å². The van der Waals surface area contributed by atoms with E-state index in [1.165, 1.54) is 0 Å². The predicted molar refractivity (Wildman–Crippen MR) is 169 cm³/mol. The summed E-state index contributed by atoms with van der Waals surface area (Å²) in [6.45, 7) is 13.4. The van der Waals surface area contributed by atoms with Crippen molar-refractivity contribution in [2.75, 3.05) is 45.1 Å². The second-order valence-corrected chi connectivity index (χ2v) is 19.8. The summed E-state index contributed by atoms with van der Waals surface area (Å²) in [6, 6.07) is 3.20. The van der Waals surface area contributed by atoms with Gasteiger partial charge in [-0.3, -0.25) is 9.69 Å². The monoisotopic (exact) mass is 637 g/mol. The average molecular weight is 638 g/mol. The molecule has 0 atom stereocenters. The minimum absolute atomic E-state index is 0.0744. The van der Waals surface area contributed by atoms with Crippen LogP contribution in [0.3, 0.4) is 0 Å². The molecule has 4 rings (SSSR count). The maximum atomic E-state index is 13.5. The smallest absolute Gasteiger partial charge is 0.410 e. The normalized spacial score (nSPS) is 19.5. The number of amides is 2. The van der Waals surface area contributed by atoms with E-state index in [1.807, 2.05) is 16.8 Å². The van der Waals surface area contributed by atoms with Crippen LogP contribution in [0.2, 0.25) is 25.7 Å². The van der Waals surface area contributed by atoms with Crippen LogP contribution in [0, 0.1) is 5.92 Å². The van der Waals surface area contributed by atoms with Crippen molar-refractivity contribution in [1.29, 1.82) is 0 Å². The molecule has 0 unspecified atom stereocenters. The molecule has 2 aliphatic rings. The lowest BCUT2D eigenvalue weighted by Gasteiger charge is -2.45. The minimum atomic E-state index is -2.64. The van der Waals surface area contributed by atoms with Crippen LogP contribution in [0.4, 0.5) is 19.3 Å². The maximum Gasteiger partial charge on any atom is 0.410 e. The third-order valence-corrected chi connectivity index (χ3v) is 9.85.